The Bertz CT molecular complexity index is 1070. The van der Waals surface area contributed by atoms with Gasteiger partial charge in [-0.1, -0.05) is 18.2 Å². The van der Waals surface area contributed by atoms with Gasteiger partial charge >= 0.3 is 0 Å². The largest absolute Gasteiger partial charge is 0.382 e. The number of nitrogens with one attached hydrogen (secondary N) is 4. The van der Waals surface area contributed by atoms with Gasteiger partial charge in [-0.05, 0) is 62.4 Å². The number of aromatic nitrogens is 3. The van der Waals surface area contributed by atoms with Gasteiger partial charge in [0, 0.05) is 46.3 Å². The van der Waals surface area contributed by atoms with Gasteiger partial charge in [-0.15, -0.1) is 0 Å². The molecular weight excluding hydrogens is 346 g/mol. The Morgan fingerprint density at radius 2 is 1.82 bits per heavy atom. The van der Waals surface area contributed by atoms with Gasteiger partial charge in [0.2, 0.25) is 0 Å². The second-order valence-electron chi connectivity index (χ2n) is 8.04. The maximum atomic E-state index is 4.10. The summed E-state index contributed by atoms with van der Waals surface area (Å²) in [7, 11) is 0. The van der Waals surface area contributed by atoms with E-state index in [2.05, 4.69) is 81.4 Å². The Kier molecular flexibility index (Phi) is 4.53. The number of aromatic amines is 2. The lowest BCUT2D eigenvalue weighted by atomic mass is 9.90. The van der Waals surface area contributed by atoms with Crippen molar-refractivity contribution in [2.45, 2.75) is 50.7 Å². The first-order valence-electron chi connectivity index (χ1n) is 10.3. The summed E-state index contributed by atoms with van der Waals surface area (Å²) in [5, 5.41) is 17.2. The molecule has 4 aromatic rings. The fourth-order valence-corrected chi connectivity index (χ4v) is 4.57. The van der Waals surface area contributed by atoms with Gasteiger partial charge in [0.05, 0.1) is 11.7 Å². The summed E-state index contributed by atoms with van der Waals surface area (Å²) in [6.07, 6.45) is 8.84. The van der Waals surface area contributed by atoms with Crippen LogP contribution in [0.1, 0.15) is 44.2 Å². The van der Waals surface area contributed by atoms with Gasteiger partial charge < -0.3 is 15.6 Å². The molecule has 0 radical (unpaired) electrons. The first-order valence-corrected chi connectivity index (χ1v) is 10.3. The molecule has 1 aliphatic rings. The molecule has 1 fully saturated rings. The predicted molar refractivity (Wildman–Crippen MR) is 116 cm³/mol. The normalized spacial score (nSPS) is 21.2. The van der Waals surface area contributed by atoms with Crippen LogP contribution in [0.5, 0.6) is 0 Å². The number of fused-ring (bicyclic) bond motifs is 2. The van der Waals surface area contributed by atoms with Crippen molar-refractivity contribution in [3.8, 4) is 0 Å². The molecule has 5 heteroatoms. The minimum atomic E-state index is 0.356. The van der Waals surface area contributed by atoms with Crippen LogP contribution >= 0.6 is 0 Å². The van der Waals surface area contributed by atoms with E-state index >= 15 is 0 Å². The van der Waals surface area contributed by atoms with Gasteiger partial charge in [-0.2, -0.15) is 5.10 Å². The van der Waals surface area contributed by atoms with E-state index in [1.165, 1.54) is 47.8 Å². The van der Waals surface area contributed by atoms with Crippen molar-refractivity contribution in [2.75, 3.05) is 5.32 Å². The number of nitrogens with zero attached hydrogens (tertiary/aromatic N) is 1. The molecule has 1 aliphatic carbocycles. The summed E-state index contributed by atoms with van der Waals surface area (Å²) in [6.45, 7) is 2.28. The molecule has 1 unspecified atom stereocenters. The summed E-state index contributed by atoms with van der Waals surface area (Å²) >= 11 is 0. The number of anilines is 1. The van der Waals surface area contributed by atoms with Crippen molar-refractivity contribution in [1.29, 1.82) is 0 Å². The third-order valence-corrected chi connectivity index (χ3v) is 6.11. The number of para-hydroxylation sites is 1. The topological polar surface area (TPSA) is 68.5 Å². The van der Waals surface area contributed by atoms with E-state index in [1.54, 1.807) is 0 Å². The number of hydrogen-bond donors (Lipinski definition) is 4. The third-order valence-electron chi connectivity index (χ3n) is 6.11. The van der Waals surface area contributed by atoms with Crippen LogP contribution in [0.4, 0.5) is 5.69 Å². The highest BCUT2D eigenvalue weighted by Gasteiger charge is 2.23. The van der Waals surface area contributed by atoms with Crippen molar-refractivity contribution in [2.24, 2.45) is 0 Å². The molecule has 2 aromatic heterocycles. The molecule has 0 aliphatic heterocycles. The average molecular weight is 374 g/mol. The molecule has 2 heterocycles. The molecule has 144 valence electrons. The summed E-state index contributed by atoms with van der Waals surface area (Å²) in [5.41, 5.74) is 4.86. The first-order chi connectivity index (χ1) is 13.8. The first kappa shape index (κ1) is 17.3. The Hall–Kier alpha value is -2.79. The van der Waals surface area contributed by atoms with Crippen LogP contribution in [0.15, 0.2) is 54.9 Å². The summed E-state index contributed by atoms with van der Waals surface area (Å²) in [5.74, 6) is 0. The average Bonchev–Trinajstić information content (AvgIpc) is 3.36. The van der Waals surface area contributed by atoms with Gasteiger partial charge in [-0.25, -0.2) is 0 Å². The van der Waals surface area contributed by atoms with Gasteiger partial charge in [0.15, 0.2) is 0 Å². The second-order valence-corrected chi connectivity index (χ2v) is 8.04. The number of rotatable bonds is 5. The van der Waals surface area contributed by atoms with Crippen molar-refractivity contribution in [3.05, 3.63) is 60.4 Å². The molecule has 1 saturated carbocycles. The Balaban J connectivity index is 1.17. The number of H-pyrrole nitrogens is 2. The van der Waals surface area contributed by atoms with Crippen molar-refractivity contribution < 1.29 is 0 Å². The minimum Gasteiger partial charge on any atom is -0.382 e. The Labute approximate surface area is 164 Å². The van der Waals surface area contributed by atoms with Crippen molar-refractivity contribution >= 4 is 27.5 Å². The standard InChI is InChI=1S/C23H27N5/c1-15(21-14-24-23-5-3-2-4-20(21)23)26-17-6-8-18(9-7-17)27-19-10-11-22-16(12-19)13-25-28-22/h2-5,10-15,17-18,24,26-27H,6-9H2,1H3,(H,25,28). The molecule has 5 rings (SSSR count). The van der Waals surface area contributed by atoms with Crippen LogP contribution in [-0.2, 0) is 0 Å². The quantitative estimate of drug-likeness (QED) is 0.392. The van der Waals surface area contributed by atoms with Crippen LogP contribution in [0.2, 0.25) is 0 Å². The molecule has 1 atom stereocenters. The lowest BCUT2D eigenvalue weighted by Gasteiger charge is -2.32. The maximum Gasteiger partial charge on any atom is 0.0651 e. The highest BCUT2D eigenvalue weighted by molar-refractivity contribution is 5.83. The molecule has 5 nitrogen and oxygen atoms in total. The van der Waals surface area contributed by atoms with Crippen LogP contribution in [-0.4, -0.2) is 27.3 Å². The molecule has 2 aromatic carbocycles. The molecular formula is C23H27N5. The van der Waals surface area contributed by atoms with Crippen LogP contribution < -0.4 is 10.6 Å². The smallest absolute Gasteiger partial charge is 0.0651 e. The highest BCUT2D eigenvalue weighted by Crippen LogP contribution is 2.28. The maximum absolute atomic E-state index is 4.10. The highest BCUT2D eigenvalue weighted by atomic mass is 15.1. The van der Waals surface area contributed by atoms with E-state index in [9.17, 15) is 0 Å². The SMILES string of the molecule is CC(NC1CCC(Nc2ccc3[nH]ncc3c2)CC1)c1c[nH]c2ccccc12. The lowest BCUT2D eigenvalue weighted by Crippen LogP contribution is -2.38. The van der Waals surface area contributed by atoms with E-state index in [0.717, 1.165) is 10.9 Å². The molecule has 28 heavy (non-hydrogen) atoms. The van der Waals surface area contributed by atoms with Crippen LogP contribution in [0.25, 0.3) is 21.8 Å². The monoisotopic (exact) mass is 373 g/mol. The summed E-state index contributed by atoms with van der Waals surface area (Å²) in [6, 6.07) is 16.5. The van der Waals surface area contributed by atoms with Crippen molar-refractivity contribution in [1.82, 2.24) is 20.5 Å². The van der Waals surface area contributed by atoms with E-state index in [1.807, 2.05) is 6.20 Å². The molecule has 4 N–H and O–H groups in total. The number of hydrogen-bond acceptors (Lipinski definition) is 3. The predicted octanol–water partition coefficient (Wildman–Crippen LogP) is 5.12. The Morgan fingerprint density at radius 3 is 2.71 bits per heavy atom. The fourth-order valence-electron chi connectivity index (χ4n) is 4.57. The zero-order chi connectivity index (χ0) is 18.9. The van der Waals surface area contributed by atoms with Gasteiger partial charge in [0.1, 0.15) is 0 Å². The van der Waals surface area contributed by atoms with Crippen LogP contribution in [0.3, 0.4) is 0 Å². The molecule has 0 amide bonds. The Morgan fingerprint density at radius 1 is 1.00 bits per heavy atom. The summed E-state index contributed by atoms with van der Waals surface area (Å²) < 4.78 is 0. The lowest BCUT2D eigenvalue weighted by molar-refractivity contribution is 0.332. The zero-order valence-corrected chi connectivity index (χ0v) is 16.2. The van der Waals surface area contributed by atoms with E-state index in [-0.39, 0.29) is 0 Å². The van der Waals surface area contributed by atoms with Gasteiger partial charge in [0.25, 0.3) is 0 Å². The fraction of sp³-hybridized carbons (Fsp3) is 0.348. The van der Waals surface area contributed by atoms with Gasteiger partial charge in [-0.3, -0.25) is 5.10 Å². The minimum absolute atomic E-state index is 0.356. The number of benzene rings is 2. The third kappa shape index (κ3) is 3.38. The summed E-state index contributed by atoms with van der Waals surface area (Å²) in [4.78, 5) is 3.39. The molecule has 0 spiro atoms. The van der Waals surface area contributed by atoms with Crippen LogP contribution in [0, 0.1) is 0 Å². The van der Waals surface area contributed by atoms with Crippen molar-refractivity contribution in [3.63, 3.8) is 0 Å². The molecule has 0 bridgehead atoms. The van der Waals surface area contributed by atoms with E-state index in [0.29, 0.717) is 18.1 Å². The zero-order valence-electron chi connectivity index (χ0n) is 16.2. The van der Waals surface area contributed by atoms with E-state index < -0.39 is 0 Å². The second kappa shape index (κ2) is 7.32. The van der Waals surface area contributed by atoms with E-state index in [4.69, 9.17) is 0 Å². The molecule has 0 saturated heterocycles.